The van der Waals surface area contributed by atoms with Crippen molar-refractivity contribution in [1.29, 1.82) is 0 Å². The SMILES string of the molecule is COCc1cccc2c1C1(CC3C4C=CC(C4)C3C1)c1ccccc1-2. The molecule has 6 rings (SSSR count). The molecule has 0 aromatic heterocycles. The molecule has 0 heterocycles. The Morgan fingerprint density at radius 3 is 2.40 bits per heavy atom. The van der Waals surface area contributed by atoms with Gasteiger partial charge in [-0.15, -0.1) is 0 Å². The minimum absolute atomic E-state index is 0.222. The summed E-state index contributed by atoms with van der Waals surface area (Å²) in [6, 6.07) is 16.0. The Balaban J connectivity index is 1.58. The lowest BCUT2D eigenvalue weighted by Crippen LogP contribution is -2.25. The first kappa shape index (κ1) is 14.3. The van der Waals surface area contributed by atoms with E-state index in [9.17, 15) is 0 Å². The molecule has 0 N–H and O–H groups in total. The first-order chi connectivity index (χ1) is 12.3. The van der Waals surface area contributed by atoms with E-state index in [-0.39, 0.29) is 5.41 Å². The van der Waals surface area contributed by atoms with Crippen molar-refractivity contribution in [2.75, 3.05) is 7.11 Å². The van der Waals surface area contributed by atoms with E-state index in [2.05, 4.69) is 54.6 Å². The Kier molecular flexibility index (Phi) is 2.78. The molecule has 0 radical (unpaired) electrons. The van der Waals surface area contributed by atoms with Gasteiger partial charge in [0, 0.05) is 12.5 Å². The van der Waals surface area contributed by atoms with E-state index in [1.807, 2.05) is 7.11 Å². The summed E-state index contributed by atoms with van der Waals surface area (Å²) in [5.41, 5.74) is 7.73. The molecule has 1 heteroatoms. The zero-order valence-electron chi connectivity index (χ0n) is 14.7. The van der Waals surface area contributed by atoms with Crippen LogP contribution in [0.25, 0.3) is 11.1 Å². The molecular formula is C24H24O. The van der Waals surface area contributed by atoms with E-state index in [4.69, 9.17) is 4.74 Å². The Labute approximate surface area is 149 Å². The quantitative estimate of drug-likeness (QED) is 0.677. The summed E-state index contributed by atoms with van der Waals surface area (Å²) in [4.78, 5) is 0. The molecule has 4 atom stereocenters. The molecular weight excluding hydrogens is 304 g/mol. The van der Waals surface area contributed by atoms with Gasteiger partial charge in [0.1, 0.15) is 0 Å². The highest BCUT2D eigenvalue weighted by molar-refractivity contribution is 5.82. The van der Waals surface area contributed by atoms with Crippen molar-refractivity contribution in [1.82, 2.24) is 0 Å². The average Bonchev–Trinajstić information content (AvgIpc) is 3.38. The Morgan fingerprint density at radius 2 is 1.64 bits per heavy atom. The molecule has 2 aromatic rings. The molecule has 2 fully saturated rings. The Morgan fingerprint density at radius 1 is 0.920 bits per heavy atom. The highest BCUT2D eigenvalue weighted by Gasteiger charge is 2.59. The van der Waals surface area contributed by atoms with Crippen LogP contribution in [0.5, 0.6) is 0 Å². The molecule has 2 bridgehead atoms. The monoisotopic (exact) mass is 328 g/mol. The second-order valence-corrected chi connectivity index (χ2v) is 8.58. The van der Waals surface area contributed by atoms with E-state index in [0.717, 1.165) is 30.3 Å². The summed E-state index contributed by atoms with van der Waals surface area (Å²) in [5.74, 6) is 3.43. The molecule has 4 unspecified atom stereocenters. The van der Waals surface area contributed by atoms with Gasteiger partial charge in [0.05, 0.1) is 6.61 Å². The summed E-state index contributed by atoms with van der Waals surface area (Å²) in [6.07, 6.45) is 9.11. The number of allylic oxidation sites excluding steroid dienone is 2. The summed E-state index contributed by atoms with van der Waals surface area (Å²) in [7, 11) is 1.82. The van der Waals surface area contributed by atoms with Crippen molar-refractivity contribution in [2.24, 2.45) is 23.7 Å². The molecule has 25 heavy (non-hydrogen) atoms. The summed E-state index contributed by atoms with van der Waals surface area (Å²) in [5, 5.41) is 0. The number of methoxy groups -OCH3 is 1. The lowest BCUT2D eigenvalue weighted by atomic mass is 9.72. The molecule has 2 saturated carbocycles. The van der Waals surface area contributed by atoms with Gasteiger partial charge in [-0.1, -0.05) is 54.6 Å². The fourth-order valence-electron chi connectivity index (χ4n) is 6.88. The minimum atomic E-state index is 0.222. The Hall–Kier alpha value is -1.86. The fraction of sp³-hybridized carbons (Fsp3) is 0.417. The van der Waals surface area contributed by atoms with Crippen LogP contribution in [0.2, 0.25) is 0 Å². The zero-order valence-corrected chi connectivity index (χ0v) is 14.7. The third-order valence-electron chi connectivity index (χ3n) is 7.63. The second-order valence-electron chi connectivity index (χ2n) is 8.58. The molecule has 0 aliphatic heterocycles. The lowest BCUT2D eigenvalue weighted by Gasteiger charge is -2.30. The molecule has 4 aliphatic carbocycles. The van der Waals surface area contributed by atoms with Crippen LogP contribution in [0.15, 0.2) is 54.6 Å². The number of fused-ring (bicyclic) bond motifs is 10. The van der Waals surface area contributed by atoms with Crippen LogP contribution in [0.4, 0.5) is 0 Å². The number of rotatable bonds is 2. The van der Waals surface area contributed by atoms with E-state index in [0.29, 0.717) is 0 Å². The molecule has 0 amide bonds. The summed E-state index contributed by atoms with van der Waals surface area (Å²) in [6.45, 7) is 0.722. The van der Waals surface area contributed by atoms with Crippen LogP contribution in [-0.4, -0.2) is 7.11 Å². The van der Waals surface area contributed by atoms with Gasteiger partial charge in [0.2, 0.25) is 0 Å². The van der Waals surface area contributed by atoms with E-state index >= 15 is 0 Å². The number of benzene rings is 2. The van der Waals surface area contributed by atoms with Crippen molar-refractivity contribution >= 4 is 0 Å². The first-order valence-corrected chi connectivity index (χ1v) is 9.71. The van der Waals surface area contributed by atoms with Crippen LogP contribution < -0.4 is 0 Å². The normalized spacial score (nSPS) is 36.0. The summed E-state index contributed by atoms with van der Waals surface area (Å²) >= 11 is 0. The van der Waals surface area contributed by atoms with Crippen molar-refractivity contribution in [3.63, 3.8) is 0 Å². The first-order valence-electron chi connectivity index (χ1n) is 9.71. The largest absolute Gasteiger partial charge is 0.380 e. The average molecular weight is 328 g/mol. The van der Waals surface area contributed by atoms with E-state index in [1.165, 1.54) is 36.0 Å². The van der Waals surface area contributed by atoms with Gasteiger partial charge in [-0.05, 0) is 70.8 Å². The predicted molar refractivity (Wildman–Crippen MR) is 100 cm³/mol. The van der Waals surface area contributed by atoms with Crippen molar-refractivity contribution < 1.29 is 4.74 Å². The van der Waals surface area contributed by atoms with E-state index in [1.54, 1.807) is 11.1 Å². The van der Waals surface area contributed by atoms with Crippen LogP contribution in [0.1, 0.15) is 36.0 Å². The van der Waals surface area contributed by atoms with Crippen molar-refractivity contribution in [3.8, 4) is 11.1 Å². The van der Waals surface area contributed by atoms with Crippen LogP contribution in [0, 0.1) is 23.7 Å². The highest BCUT2D eigenvalue weighted by Crippen LogP contribution is 2.67. The van der Waals surface area contributed by atoms with Gasteiger partial charge < -0.3 is 4.74 Å². The predicted octanol–water partition coefficient (Wildman–Crippen LogP) is 5.33. The van der Waals surface area contributed by atoms with Gasteiger partial charge in [-0.2, -0.15) is 0 Å². The second kappa shape index (κ2) is 4.86. The molecule has 4 aliphatic rings. The van der Waals surface area contributed by atoms with Crippen LogP contribution >= 0.6 is 0 Å². The molecule has 0 saturated heterocycles. The van der Waals surface area contributed by atoms with E-state index < -0.39 is 0 Å². The van der Waals surface area contributed by atoms with Gasteiger partial charge in [0.15, 0.2) is 0 Å². The highest BCUT2D eigenvalue weighted by atomic mass is 16.5. The number of ether oxygens (including phenoxy) is 1. The maximum Gasteiger partial charge on any atom is 0.0716 e. The molecule has 126 valence electrons. The van der Waals surface area contributed by atoms with Gasteiger partial charge in [-0.25, -0.2) is 0 Å². The minimum Gasteiger partial charge on any atom is -0.380 e. The topological polar surface area (TPSA) is 9.23 Å². The molecule has 2 aromatic carbocycles. The van der Waals surface area contributed by atoms with Crippen molar-refractivity contribution in [2.45, 2.75) is 31.3 Å². The van der Waals surface area contributed by atoms with Gasteiger partial charge in [-0.3, -0.25) is 0 Å². The lowest BCUT2D eigenvalue weighted by molar-refractivity contribution is 0.183. The van der Waals surface area contributed by atoms with Crippen LogP contribution in [-0.2, 0) is 16.8 Å². The zero-order chi connectivity index (χ0) is 16.6. The Bertz CT molecular complexity index is 873. The van der Waals surface area contributed by atoms with Gasteiger partial charge in [0.25, 0.3) is 0 Å². The molecule has 1 spiro atoms. The van der Waals surface area contributed by atoms with Gasteiger partial charge >= 0.3 is 0 Å². The third kappa shape index (κ3) is 1.68. The maximum atomic E-state index is 5.59. The summed E-state index contributed by atoms with van der Waals surface area (Å²) < 4.78 is 5.59. The number of hydrogen-bond acceptors (Lipinski definition) is 1. The fourth-order valence-corrected chi connectivity index (χ4v) is 6.88. The molecule has 1 nitrogen and oxygen atoms in total. The third-order valence-corrected chi connectivity index (χ3v) is 7.63. The standard InChI is InChI=1S/C24H24O/c1-25-14-17-5-4-7-19-18-6-2-3-8-22(18)24(23(17)19)12-20-15-9-10-16(11-15)21(20)13-24/h2-10,15-16,20-21H,11-14H2,1H3. The maximum absolute atomic E-state index is 5.59. The smallest absolute Gasteiger partial charge is 0.0716 e. The van der Waals surface area contributed by atoms with Crippen LogP contribution in [0.3, 0.4) is 0 Å². The van der Waals surface area contributed by atoms with Crippen molar-refractivity contribution in [3.05, 3.63) is 71.3 Å². The number of hydrogen-bond donors (Lipinski definition) is 0.